The summed E-state index contributed by atoms with van der Waals surface area (Å²) in [4.78, 5) is 25.4. The maximum absolute atomic E-state index is 12.9. The number of thioether (sulfide) groups is 1. The number of methoxy groups -OCH3 is 1. The van der Waals surface area contributed by atoms with Crippen LogP contribution in [0, 0.1) is 0 Å². The standard InChI is InChI=1S/C25H27N5O3S/c1-16(26-23(32)13-17-9-11-18(33-4)12-10-17)24-27-28-25(30(24)3)34-15-22(31)20-14-29(2)21-8-6-5-7-19(20)21/h5-12,14,16H,13,15H2,1-4H3,(H,26,32)/t16-/m0/s1. The Bertz CT molecular complexity index is 1330. The lowest BCUT2D eigenvalue weighted by Crippen LogP contribution is -2.29. The molecular weight excluding hydrogens is 450 g/mol. The number of benzene rings is 2. The predicted molar refractivity (Wildman–Crippen MR) is 132 cm³/mol. The Labute approximate surface area is 202 Å². The van der Waals surface area contributed by atoms with E-state index in [1.54, 1.807) is 7.11 Å². The van der Waals surface area contributed by atoms with Crippen molar-refractivity contribution < 1.29 is 14.3 Å². The lowest BCUT2D eigenvalue weighted by molar-refractivity contribution is -0.121. The molecule has 0 bridgehead atoms. The van der Waals surface area contributed by atoms with E-state index in [1.807, 2.05) is 84.9 Å². The average Bonchev–Trinajstić information content (AvgIpc) is 3.38. The second-order valence-corrected chi connectivity index (χ2v) is 9.04. The number of rotatable bonds is 9. The van der Waals surface area contributed by atoms with Crippen LogP contribution in [0.25, 0.3) is 10.9 Å². The number of nitrogens with one attached hydrogen (secondary N) is 1. The number of aryl methyl sites for hydroxylation is 1. The molecule has 0 unspecified atom stereocenters. The molecule has 0 fully saturated rings. The number of carbonyl (C=O) groups is 2. The predicted octanol–water partition coefficient (Wildman–Crippen LogP) is 3.71. The number of hydrogen-bond acceptors (Lipinski definition) is 6. The second kappa shape index (κ2) is 10.1. The van der Waals surface area contributed by atoms with Crippen LogP contribution < -0.4 is 10.1 Å². The van der Waals surface area contributed by atoms with Gasteiger partial charge in [0, 0.05) is 36.8 Å². The zero-order valence-corrected chi connectivity index (χ0v) is 20.4. The molecule has 34 heavy (non-hydrogen) atoms. The molecule has 4 aromatic rings. The van der Waals surface area contributed by atoms with E-state index in [0.29, 0.717) is 16.5 Å². The van der Waals surface area contributed by atoms with Gasteiger partial charge in [0.15, 0.2) is 16.8 Å². The number of ether oxygens (including phenoxy) is 1. The summed E-state index contributed by atoms with van der Waals surface area (Å²) in [6.45, 7) is 1.87. The summed E-state index contributed by atoms with van der Waals surface area (Å²) in [5.74, 6) is 1.55. The summed E-state index contributed by atoms with van der Waals surface area (Å²) in [7, 11) is 5.38. The maximum Gasteiger partial charge on any atom is 0.224 e. The van der Waals surface area contributed by atoms with E-state index in [4.69, 9.17) is 4.74 Å². The van der Waals surface area contributed by atoms with E-state index >= 15 is 0 Å². The fraction of sp³-hybridized carbons (Fsp3) is 0.280. The zero-order chi connectivity index (χ0) is 24.2. The van der Waals surface area contributed by atoms with Gasteiger partial charge in [-0.15, -0.1) is 10.2 Å². The van der Waals surface area contributed by atoms with Gasteiger partial charge in [0.2, 0.25) is 5.91 Å². The van der Waals surface area contributed by atoms with Crippen molar-refractivity contribution in [3.63, 3.8) is 0 Å². The molecule has 0 saturated carbocycles. The van der Waals surface area contributed by atoms with Crippen LogP contribution in [0.3, 0.4) is 0 Å². The molecule has 1 atom stereocenters. The molecule has 0 radical (unpaired) electrons. The summed E-state index contributed by atoms with van der Waals surface area (Å²) < 4.78 is 8.93. The molecule has 1 amide bonds. The van der Waals surface area contributed by atoms with Crippen molar-refractivity contribution in [3.05, 3.63) is 71.7 Å². The third-order valence-corrected chi connectivity index (χ3v) is 6.71. The fourth-order valence-corrected chi connectivity index (χ4v) is 4.69. The smallest absolute Gasteiger partial charge is 0.224 e. The van der Waals surface area contributed by atoms with E-state index in [-0.39, 0.29) is 29.9 Å². The van der Waals surface area contributed by atoms with Gasteiger partial charge in [0.25, 0.3) is 0 Å². The van der Waals surface area contributed by atoms with E-state index in [0.717, 1.165) is 22.2 Å². The first kappa shape index (κ1) is 23.6. The largest absolute Gasteiger partial charge is 0.497 e. The van der Waals surface area contributed by atoms with Gasteiger partial charge < -0.3 is 19.2 Å². The molecular formula is C25H27N5O3S. The third-order valence-electron chi connectivity index (χ3n) is 5.69. The first-order valence-electron chi connectivity index (χ1n) is 10.9. The minimum Gasteiger partial charge on any atom is -0.497 e. The van der Waals surface area contributed by atoms with Crippen molar-refractivity contribution in [1.82, 2.24) is 24.6 Å². The number of fused-ring (bicyclic) bond motifs is 1. The number of carbonyl (C=O) groups excluding carboxylic acids is 2. The Kier molecular flexibility index (Phi) is 7.02. The Morgan fingerprint density at radius 3 is 2.56 bits per heavy atom. The number of Topliss-reactive ketones (excluding diaryl/α,β-unsaturated/α-hetero) is 1. The number of hydrogen-bond donors (Lipinski definition) is 1. The maximum atomic E-state index is 12.9. The number of nitrogens with zero attached hydrogens (tertiary/aromatic N) is 4. The minimum absolute atomic E-state index is 0.0344. The molecule has 176 valence electrons. The molecule has 8 nitrogen and oxygen atoms in total. The highest BCUT2D eigenvalue weighted by atomic mass is 32.2. The molecule has 0 aliphatic rings. The van der Waals surface area contributed by atoms with Gasteiger partial charge in [-0.3, -0.25) is 9.59 Å². The van der Waals surface area contributed by atoms with Gasteiger partial charge in [0.1, 0.15) is 5.75 Å². The number of ketones is 1. The third kappa shape index (κ3) is 4.99. The van der Waals surface area contributed by atoms with Crippen LogP contribution in [0.2, 0.25) is 0 Å². The van der Waals surface area contributed by atoms with Crippen LogP contribution in [0.5, 0.6) is 5.75 Å². The Balaban J connectivity index is 1.37. The molecule has 0 aliphatic carbocycles. The summed E-state index contributed by atoms with van der Waals surface area (Å²) in [5.41, 5.74) is 2.62. The molecule has 4 rings (SSSR count). The normalized spacial score (nSPS) is 12.0. The molecule has 1 N–H and O–H groups in total. The second-order valence-electron chi connectivity index (χ2n) is 8.10. The van der Waals surface area contributed by atoms with Crippen molar-refractivity contribution in [2.45, 2.75) is 24.5 Å². The Morgan fingerprint density at radius 1 is 1.09 bits per heavy atom. The lowest BCUT2D eigenvalue weighted by atomic mass is 10.1. The van der Waals surface area contributed by atoms with Crippen molar-refractivity contribution in [2.24, 2.45) is 14.1 Å². The Hall–Kier alpha value is -3.59. The number of para-hydroxylation sites is 1. The summed E-state index contributed by atoms with van der Waals surface area (Å²) >= 11 is 1.34. The van der Waals surface area contributed by atoms with Gasteiger partial charge in [-0.05, 0) is 30.7 Å². The van der Waals surface area contributed by atoms with Crippen molar-refractivity contribution in [2.75, 3.05) is 12.9 Å². The molecule has 0 spiro atoms. The first-order valence-corrected chi connectivity index (χ1v) is 11.9. The fourth-order valence-electron chi connectivity index (χ4n) is 3.89. The minimum atomic E-state index is -0.327. The Morgan fingerprint density at radius 2 is 1.82 bits per heavy atom. The zero-order valence-electron chi connectivity index (χ0n) is 19.6. The van der Waals surface area contributed by atoms with Crippen LogP contribution in [0.1, 0.15) is 34.7 Å². The highest BCUT2D eigenvalue weighted by molar-refractivity contribution is 7.99. The van der Waals surface area contributed by atoms with Crippen molar-refractivity contribution >= 4 is 34.4 Å². The molecule has 0 aliphatic heterocycles. The van der Waals surface area contributed by atoms with E-state index in [2.05, 4.69) is 15.5 Å². The summed E-state index contributed by atoms with van der Waals surface area (Å²) in [6.07, 6.45) is 2.13. The molecule has 2 aromatic heterocycles. The van der Waals surface area contributed by atoms with Gasteiger partial charge in [-0.2, -0.15) is 0 Å². The SMILES string of the molecule is COc1ccc(CC(=O)N[C@@H](C)c2nnc(SCC(=O)c3cn(C)c4ccccc34)n2C)cc1. The highest BCUT2D eigenvalue weighted by Gasteiger charge is 2.20. The molecule has 2 aromatic carbocycles. The van der Waals surface area contributed by atoms with Gasteiger partial charge >= 0.3 is 0 Å². The van der Waals surface area contributed by atoms with Crippen LogP contribution in [0.4, 0.5) is 0 Å². The molecule has 9 heteroatoms. The average molecular weight is 478 g/mol. The summed E-state index contributed by atoms with van der Waals surface area (Å²) in [5, 5.41) is 13.0. The van der Waals surface area contributed by atoms with Crippen LogP contribution in [-0.2, 0) is 25.3 Å². The molecule has 0 saturated heterocycles. The number of amides is 1. The van der Waals surface area contributed by atoms with Crippen molar-refractivity contribution in [3.8, 4) is 5.75 Å². The molecule has 2 heterocycles. The monoisotopic (exact) mass is 477 g/mol. The van der Waals surface area contributed by atoms with Crippen LogP contribution >= 0.6 is 11.8 Å². The van der Waals surface area contributed by atoms with Crippen LogP contribution in [-0.4, -0.2) is 43.9 Å². The highest BCUT2D eigenvalue weighted by Crippen LogP contribution is 2.24. The topological polar surface area (TPSA) is 91.0 Å². The van der Waals surface area contributed by atoms with E-state index in [1.165, 1.54) is 11.8 Å². The van der Waals surface area contributed by atoms with Gasteiger partial charge in [-0.1, -0.05) is 42.1 Å². The van der Waals surface area contributed by atoms with Gasteiger partial charge in [0.05, 0.1) is 25.3 Å². The van der Waals surface area contributed by atoms with E-state index in [9.17, 15) is 9.59 Å². The van der Waals surface area contributed by atoms with Crippen LogP contribution in [0.15, 0.2) is 59.9 Å². The van der Waals surface area contributed by atoms with Gasteiger partial charge in [-0.25, -0.2) is 0 Å². The van der Waals surface area contributed by atoms with E-state index < -0.39 is 0 Å². The summed E-state index contributed by atoms with van der Waals surface area (Å²) in [6, 6.07) is 14.9. The lowest BCUT2D eigenvalue weighted by Gasteiger charge is -2.13. The number of aromatic nitrogens is 4. The quantitative estimate of drug-likeness (QED) is 0.292. The first-order chi connectivity index (χ1) is 16.4. The van der Waals surface area contributed by atoms with Crippen molar-refractivity contribution in [1.29, 1.82) is 0 Å².